The fraction of sp³-hybridized carbons (Fsp3) is 0.500. The van der Waals surface area contributed by atoms with Crippen LogP contribution in [0.15, 0.2) is 23.1 Å². The minimum atomic E-state index is -3.92. The largest absolute Gasteiger partial charge is 0.349 e. The van der Waals surface area contributed by atoms with Crippen molar-refractivity contribution in [1.82, 2.24) is 5.32 Å². The van der Waals surface area contributed by atoms with Gasteiger partial charge in [-0.1, -0.05) is 32.4 Å². The maximum Gasteiger partial charge on any atom is 0.252 e. The van der Waals surface area contributed by atoms with E-state index in [-0.39, 0.29) is 22.4 Å². The SMILES string of the molecule is CCC(NC(=O)c1cc(C)ccc1S(N)(=O)=O)C(C)C. The van der Waals surface area contributed by atoms with Crippen LogP contribution in [0.5, 0.6) is 0 Å². The lowest BCUT2D eigenvalue weighted by Crippen LogP contribution is -2.38. The first-order valence-electron chi connectivity index (χ1n) is 6.61. The Labute approximate surface area is 120 Å². The maximum absolute atomic E-state index is 12.3. The number of hydrogen-bond donors (Lipinski definition) is 2. The Morgan fingerprint density at radius 1 is 1.35 bits per heavy atom. The molecule has 3 N–H and O–H groups in total. The van der Waals surface area contributed by atoms with E-state index in [2.05, 4.69) is 5.32 Å². The highest BCUT2D eigenvalue weighted by Gasteiger charge is 2.22. The third kappa shape index (κ3) is 4.05. The molecule has 0 aliphatic rings. The van der Waals surface area contributed by atoms with Gasteiger partial charge in [0.25, 0.3) is 5.91 Å². The van der Waals surface area contributed by atoms with Gasteiger partial charge in [0.1, 0.15) is 0 Å². The zero-order valence-corrected chi connectivity index (χ0v) is 13.1. The van der Waals surface area contributed by atoms with E-state index >= 15 is 0 Å². The summed E-state index contributed by atoms with van der Waals surface area (Å²) in [6, 6.07) is 4.53. The zero-order chi connectivity index (χ0) is 15.5. The van der Waals surface area contributed by atoms with Crippen molar-refractivity contribution < 1.29 is 13.2 Å². The predicted molar refractivity (Wildman–Crippen MR) is 78.9 cm³/mol. The van der Waals surface area contributed by atoms with Gasteiger partial charge in [0, 0.05) is 6.04 Å². The summed E-state index contributed by atoms with van der Waals surface area (Å²) in [5, 5.41) is 8.02. The van der Waals surface area contributed by atoms with Crippen LogP contribution in [-0.4, -0.2) is 20.4 Å². The summed E-state index contributed by atoms with van der Waals surface area (Å²) < 4.78 is 23.1. The molecule has 0 aliphatic heterocycles. The van der Waals surface area contributed by atoms with Gasteiger partial charge in [-0.2, -0.15) is 0 Å². The molecule has 1 aromatic carbocycles. The van der Waals surface area contributed by atoms with Gasteiger partial charge in [-0.15, -0.1) is 0 Å². The Morgan fingerprint density at radius 2 is 1.95 bits per heavy atom. The molecule has 1 unspecified atom stereocenters. The molecular weight excluding hydrogens is 276 g/mol. The van der Waals surface area contributed by atoms with Crippen LogP contribution in [-0.2, 0) is 10.0 Å². The quantitative estimate of drug-likeness (QED) is 0.868. The van der Waals surface area contributed by atoms with Crippen molar-refractivity contribution in [2.75, 3.05) is 0 Å². The molecule has 1 rings (SSSR count). The van der Waals surface area contributed by atoms with E-state index in [1.54, 1.807) is 19.1 Å². The predicted octanol–water partition coefficient (Wildman–Crippen LogP) is 1.81. The molecule has 0 spiro atoms. The second-order valence-corrected chi connectivity index (χ2v) is 6.81. The molecule has 1 atom stereocenters. The van der Waals surface area contributed by atoms with E-state index in [1.165, 1.54) is 6.07 Å². The number of nitrogens with one attached hydrogen (secondary N) is 1. The van der Waals surface area contributed by atoms with E-state index in [0.29, 0.717) is 0 Å². The Balaban J connectivity index is 3.18. The number of benzene rings is 1. The van der Waals surface area contributed by atoms with E-state index in [9.17, 15) is 13.2 Å². The van der Waals surface area contributed by atoms with Crippen molar-refractivity contribution in [3.63, 3.8) is 0 Å². The van der Waals surface area contributed by atoms with Gasteiger partial charge in [0.05, 0.1) is 10.5 Å². The molecule has 5 nitrogen and oxygen atoms in total. The highest BCUT2D eigenvalue weighted by atomic mass is 32.2. The summed E-state index contributed by atoms with van der Waals surface area (Å²) in [7, 11) is -3.92. The topological polar surface area (TPSA) is 89.3 Å². The second kappa shape index (κ2) is 6.37. The highest BCUT2D eigenvalue weighted by molar-refractivity contribution is 7.89. The van der Waals surface area contributed by atoms with Crippen LogP contribution in [0.3, 0.4) is 0 Å². The average Bonchev–Trinajstić information content (AvgIpc) is 2.33. The number of aryl methyl sites for hydroxylation is 1. The normalized spacial score (nSPS) is 13.3. The Bertz CT molecular complexity index is 594. The molecule has 0 fully saturated rings. The average molecular weight is 298 g/mol. The van der Waals surface area contributed by atoms with Gasteiger partial charge in [-0.25, -0.2) is 13.6 Å². The molecule has 0 aromatic heterocycles. The Morgan fingerprint density at radius 3 is 2.40 bits per heavy atom. The lowest BCUT2D eigenvalue weighted by molar-refractivity contribution is 0.0921. The number of primary sulfonamides is 1. The van der Waals surface area contributed by atoms with Crippen LogP contribution < -0.4 is 10.5 Å². The third-order valence-electron chi connectivity index (χ3n) is 3.25. The Hall–Kier alpha value is -1.40. The van der Waals surface area contributed by atoms with Crippen LogP contribution >= 0.6 is 0 Å². The summed E-state index contributed by atoms with van der Waals surface area (Å²) >= 11 is 0. The van der Waals surface area contributed by atoms with Crippen LogP contribution in [0.1, 0.15) is 43.1 Å². The van der Waals surface area contributed by atoms with Gasteiger partial charge in [-0.3, -0.25) is 4.79 Å². The van der Waals surface area contributed by atoms with Gasteiger partial charge in [0.15, 0.2) is 0 Å². The van der Waals surface area contributed by atoms with Gasteiger partial charge in [-0.05, 0) is 31.4 Å². The van der Waals surface area contributed by atoms with Crippen LogP contribution in [0.4, 0.5) is 0 Å². The maximum atomic E-state index is 12.3. The molecule has 20 heavy (non-hydrogen) atoms. The van der Waals surface area contributed by atoms with Gasteiger partial charge >= 0.3 is 0 Å². The summed E-state index contributed by atoms with van der Waals surface area (Å²) in [6.07, 6.45) is 0.778. The van der Waals surface area contributed by atoms with Crippen molar-refractivity contribution in [2.24, 2.45) is 11.1 Å². The molecule has 0 aliphatic carbocycles. The van der Waals surface area contributed by atoms with Gasteiger partial charge in [0.2, 0.25) is 10.0 Å². The number of carbonyl (C=O) groups excluding carboxylic acids is 1. The molecule has 0 saturated carbocycles. The summed E-state index contributed by atoms with van der Waals surface area (Å²) in [6.45, 7) is 7.78. The van der Waals surface area contributed by atoms with E-state index in [4.69, 9.17) is 5.14 Å². The molecular formula is C14H22N2O3S. The molecule has 1 amide bonds. The smallest absolute Gasteiger partial charge is 0.252 e. The molecule has 0 bridgehead atoms. The lowest BCUT2D eigenvalue weighted by atomic mass is 10.0. The summed E-state index contributed by atoms with van der Waals surface area (Å²) in [4.78, 5) is 12.2. The third-order valence-corrected chi connectivity index (χ3v) is 4.22. The second-order valence-electron chi connectivity index (χ2n) is 5.28. The summed E-state index contributed by atoms with van der Waals surface area (Å²) in [5.41, 5.74) is 0.909. The van der Waals surface area contributed by atoms with E-state index < -0.39 is 15.9 Å². The minimum Gasteiger partial charge on any atom is -0.349 e. The molecule has 112 valence electrons. The van der Waals surface area contributed by atoms with Crippen LogP contribution in [0, 0.1) is 12.8 Å². The van der Waals surface area contributed by atoms with Crippen LogP contribution in [0.25, 0.3) is 0 Å². The highest BCUT2D eigenvalue weighted by Crippen LogP contribution is 2.17. The first-order valence-corrected chi connectivity index (χ1v) is 8.15. The van der Waals surface area contributed by atoms with Crippen molar-refractivity contribution in [2.45, 2.75) is 45.1 Å². The monoisotopic (exact) mass is 298 g/mol. The number of amides is 1. The number of carbonyl (C=O) groups is 1. The number of nitrogens with two attached hydrogens (primary N) is 1. The molecule has 0 radical (unpaired) electrons. The van der Waals surface area contributed by atoms with Crippen molar-refractivity contribution in [1.29, 1.82) is 0 Å². The molecule has 0 heterocycles. The number of hydrogen-bond acceptors (Lipinski definition) is 3. The van der Waals surface area contributed by atoms with Gasteiger partial charge < -0.3 is 5.32 Å². The first-order chi connectivity index (χ1) is 9.16. The van der Waals surface area contributed by atoms with E-state index in [1.807, 2.05) is 20.8 Å². The lowest BCUT2D eigenvalue weighted by Gasteiger charge is -2.21. The summed E-state index contributed by atoms with van der Waals surface area (Å²) in [5.74, 6) is -0.134. The molecule has 6 heteroatoms. The van der Waals surface area contributed by atoms with E-state index in [0.717, 1.165) is 12.0 Å². The van der Waals surface area contributed by atoms with Crippen molar-refractivity contribution in [3.05, 3.63) is 29.3 Å². The zero-order valence-electron chi connectivity index (χ0n) is 12.3. The Kier molecular flexibility index (Phi) is 5.30. The van der Waals surface area contributed by atoms with Crippen molar-refractivity contribution >= 4 is 15.9 Å². The fourth-order valence-electron chi connectivity index (χ4n) is 2.06. The number of sulfonamides is 1. The minimum absolute atomic E-state index is 0.00339. The number of rotatable bonds is 5. The molecule has 0 saturated heterocycles. The fourth-order valence-corrected chi connectivity index (χ4v) is 2.77. The van der Waals surface area contributed by atoms with Crippen LogP contribution in [0.2, 0.25) is 0 Å². The first kappa shape index (κ1) is 16.7. The molecule has 1 aromatic rings. The van der Waals surface area contributed by atoms with Crippen molar-refractivity contribution in [3.8, 4) is 0 Å². The standard InChI is InChI=1S/C14H22N2O3S/c1-5-12(9(2)3)16-14(17)11-8-10(4)6-7-13(11)20(15,18)19/h6-9,12H,5H2,1-4H3,(H,16,17)(H2,15,18,19).